The van der Waals surface area contributed by atoms with Crippen LogP contribution in [0.5, 0.6) is 23.0 Å². The van der Waals surface area contributed by atoms with Crippen molar-refractivity contribution in [3.8, 4) is 89.8 Å². The van der Waals surface area contributed by atoms with E-state index >= 15 is 0 Å². The average molecular weight is 1020 g/mol. The molecule has 0 unspecified atom stereocenters. The quantitative estimate of drug-likeness (QED) is 0.130. The van der Waals surface area contributed by atoms with Gasteiger partial charge in [0.2, 0.25) is 0 Å². The predicted octanol–water partition coefficient (Wildman–Crippen LogP) is 20.0. The number of hydrogen-bond donors (Lipinski definition) is 0. The van der Waals surface area contributed by atoms with Gasteiger partial charge in [-0.3, -0.25) is 0 Å². The Morgan fingerprint density at radius 2 is 0.466 bits per heavy atom. The van der Waals surface area contributed by atoms with Crippen LogP contribution in [-0.4, -0.2) is 0 Å². The van der Waals surface area contributed by atoms with Gasteiger partial charge in [0.1, 0.15) is 0 Å². The van der Waals surface area contributed by atoms with E-state index in [1.54, 1.807) is 0 Å². The Kier molecular flexibility index (Phi) is 10.4. The number of nitrogens with zero attached hydrogens (tertiary/aromatic N) is 1. The highest BCUT2D eigenvalue weighted by Crippen LogP contribution is 2.70. The summed E-state index contributed by atoms with van der Waals surface area (Å²) < 4.78 is 35.4. The molecule has 5 nitrogen and oxygen atoms in total. The Balaban J connectivity index is 1.17. The van der Waals surface area contributed by atoms with Crippen LogP contribution in [0.15, 0.2) is 243 Å². The van der Waals surface area contributed by atoms with E-state index in [2.05, 4.69) is 170 Å². The second kappa shape index (κ2) is 17.4. The number of rotatable bonds is 4. The molecule has 0 aliphatic carbocycles. The van der Waals surface area contributed by atoms with Crippen molar-refractivity contribution in [1.29, 1.82) is 0 Å². The molecule has 0 atom stereocenters. The standard InChI is InChI=1S/C64H40Cl2NO4P2/c65-72(68-61-53(41-21-5-1-6-22-41)37-45-29-13-17-33-49(45)57(61)58-50-34-18-14-30-46(50)38-54(62(58)69-72)42-23-7-2-8-24-42)67-73(66)70-63-55(43-25-9-3-10-26-43)39-47-31-15-19-35-51(47)59(63)60-52-36-20-16-32-48(52)40-56(64(60)71-73)44-27-11-4-12-28-44/h1-40H/q+1. The summed E-state index contributed by atoms with van der Waals surface area (Å²) in [5, 5.41) is 7.92. The minimum absolute atomic E-state index is 0.511. The van der Waals surface area contributed by atoms with Gasteiger partial charge in [-0.15, -0.1) is 0 Å². The van der Waals surface area contributed by atoms with Gasteiger partial charge in [-0.2, -0.15) is 0 Å². The van der Waals surface area contributed by atoms with Crippen LogP contribution in [0.25, 0.3) is 110 Å². The van der Waals surface area contributed by atoms with Crippen LogP contribution in [0.3, 0.4) is 0 Å². The third-order valence-corrected chi connectivity index (χ3v) is 19.3. The molecule has 2 aliphatic rings. The molecule has 14 rings (SSSR count). The third kappa shape index (κ3) is 7.44. The Bertz CT molecular complexity index is 3810. The van der Waals surface area contributed by atoms with Crippen molar-refractivity contribution in [3.63, 3.8) is 0 Å². The second-order valence-electron chi connectivity index (χ2n) is 18.2. The van der Waals surface area contributed by atoms with Crippen molar-refractivity contribution >= 4 is 79.3 Å². The van der Waals surface area contributed by atoms with Crippen LogP contribution in [0.4, 0.5) is 0 Å². The van der Waals surface area contributed by atoms with Gasteiger partial charge in [0, 0.05) is 48.7 Å². The van der Waals surface area contributed by atoms with E-state index in [-0.39, 0.29) is 0 Å². The fraction of sp³-hybridized carbons (Fsp3) is 0. The molecule has 12 aromatic rings. The maximum atomic E-state index is 8.27. The van der Waals surface area contributed by atoms with Gasteiger partial charge in [0.15, 0.2) is 23.0 Å². The first-order valence-corrected chi connectivity index (χ1v) is 29.0. The molecule has 9 heteroatoms. The van der Waals surface area contributed by atoms with Crippen LogP contribution >= 0.6 is 36.2 Å². The van der Waals surface area contributed by atoms with E-state index in [9.17, 15) is 0 Å². The van der Waals surface area contributed by atoms with Gasteiger partial charge in [-0.25, -0.2) is 0 Å². The van der Waals surface area contributed by atoms with Crippen LogP contribution < -0.4 is 22.3 Å². The van der Waals surface area contributed by atoms with Crippen LogP contribution in [0.1, 0.15) is 0 Å². The smallest absolute Gasteiger partial charge is 0.375 e. The fourth-order valence-electron chi connectivity index (χ4n) is 10.7. The van der Waals surface area contributed by atoms with E-state index in [1.807, 2.05) is 72.8 Å². The van der Waals surface area contributed by atoms with E-state index in [1.165, 1.54) is 0 Å². The van der Waals surface area contributed by atoms with Crippen molar-refractivity contribution in [3.05, 3.63) is 243 Å². The van der Waals surface area contributed by atoms with Gasteiger partial charge >= 0.3 is 13.7 Å². The van der Waals surface area contributed by atoms with Gasteiger partial charge in [0.05, 0.1) is 22.5 Å². The SMILES string of the molecule is ClP1(=[N+]=P2(Cl)Oc3c(-c4ccccc4)cc4ccccc4c3-c3c(c(-c4ccccc4)cc4ccccc34)O2)Oc2c(-c3ccccc3)cc3ccccc3c2-c2c(c(-c3ccccc3)cc3ccccc23)O1. The number of hydrogen-bond acceptors (Lipinski definition) is 4. The molecule has 0 saturated carbocycles. The van der Waals surface area contributed by atoms with Gasteiger partial charge < -0.3 is 18.1 Å². The lowest BCUT2D eigenvalue weighted by Crippen LogP contribution is -2.03. The zero-order valence-corrected chi connectivity index (χ0v) is 42.1. The number of fused-ring (bicyclic) bond motifs is 14. The predicted molar refractivity (Wildman–Crippen MR) is 306 cm³/mol. The Hall–Kier alpha value is -7.97. The first kappa shape index (κ1) is 43.8. The van der Waals surface area contributed by atoms with Crippen molar-refractivity contribution in [1.82, 2.24) is 4.17 Å². The third-order valence-electron chi connectivity index (χ3n) is 13.9. The molecule has 0 radical (unpaired) electrons. The molecule has 0 saturated heterocycles. The van der Waals surface area contributed by atoms with E-state index < -0.39 is 13.7 Å². The van der Waals surface area contributed by atoms with Gasteiger partial charge in [-0.05, 0) is 89.6 Å². The molecular formula is C64H40Cl2NO4P2+. The summed E-state index contributed by atoms with van der Waals surface area (Å²) >= 11 is 16.5. The molecule has 2 heterocycles. The molecular weight excluding hydrogens is 980 g/mol. The summed E-state index contributed by atoms with van der Waals surface area (Å²) in [4.78, 5) is 0. The van der Waals surface area contributed by atoms with Crippen molar-refractivity contribution < 1.29 is 18.1 Å². The summed E-state index contributed by atoms with van der Waals surface area (Å²) in [6.07, 6.45) is 0. The molecule has 348 valence electrons. The van der Waals surface area contributed by atoms with E-state index in [4.69, 9.17) is 44.7 Å². The Morgan fingerprint density at radius 1 is 0.260 bits per heavy atom. The Morgan fingerprint density at radius 3 is 0.699 bits per heavy atom. The largest absolute Gasteiger partial charge is 0.687 e. The van der Waals surface area contributed by atoms with Crippen molar-refractivity contribution in [2.24, 2.45) is 0 Å². The maximum absolute atomic E-state index is 8.27. The molecule has 0 bridgehead atoms. The van der Waals surface area contributed by atoms with Crippen molar-refractivity contribution in [2.45, 2.75) is 0 Å². The normalized spacial score (nSPS) is 13.9. The molecule has 0 aromatic heterocycles. The molecule has 0 spiro atoms. The molecule has 0 amide bonds. The highest BCUT2D eigenvalue weighted by atomic mass is 35.7. The summed E-state index contributed by atoms with van der Waals surface area (Å²) in [6, 6.07) is 83.0. The molecule has 2 aliphatic heterocycles. The number of halogens is 2. The highest BCUT2D eigenvalue weighted by Gasteiger charge is 2.51. The average Bonchev–Trinajstić information content (AvgIpc) is 3.67. The topological polar surface area (TPSA) is 51.0 Å². The Labute approximate surface area is 431 Å². The first-order valence-electron chi connectivity index (χ1n) is 24.0. The summed E-state index contributed by atoms with van der Waals surface area (Å²) in [7, 11) is 0. The lowest BCUT2D eigenvalue weighted by atomic mass is 9.86. The minimum atomic E-state index is -4.20. The van der Waals surface area contributed by atoms with Crippen LogP contribution in [-0.2, 0) is 0 Å². The van der Waals surface area contributed by atoms with Gasteiger partial charge in [0.25, 0.3) is 0 Å². The van der Waals surface area contributed by atoms with Crippen LogP contribution in [0.2, 0.25) is 0 Å². The van der Waals surface area contributed by atoms with Crippen LogP contribution in [0, 0.1) is 0 Å². The zero-order chi connectivity index (χ0) is 48.7. The highest BCUT2D eigenvalue weighted by molar-refractivity contribution is 7.90. The maximum Gasteiger partial charge on any atom is 0.687 e. The summed E-state index contributed by atoms with van der Waals surface area (Å²) in [6.45, 7) is -8.41. The number of benzene rings is 12. The molecule has 0 N–H and O–H groups in total. The van der Waals surface area contributed by atoms with E-state index in [0.29, 0.717) is 23.0 Å². The molecule has 73 heavy (non-hydrogen) atoms. The fourth-order valence-corrected chi connectivity index (χ4v) is 16.8. The zero-order valence-electron chi connectivity index (χ0n) is 38.8. The second-order valence-corrected chi connectivity index (χ2v) is 24.0. The monoisotopic (exact) mass is 1020 g/mol. The molecule has 12 aromatic carbocycles. The lowest BCUT2D eigenvalue weighted by molar-refractivity contribution is 0.492. The lowest BCUT2D eigenvalue weighted by Gasteiger charge is -2.18. The first-order chi connectivity index (χ1) is 35.9. The minimum Gasteiger partial charge on any atom is -0.375 e. The summed E-state index contributed by atoms with van der Waals surface area (Å²) in [5.74, 6) is 2.04. The van der Waals surface area contributed by atoms with Gasteiger partial charge in [-0.1, -0.05) is 218 Å². The summed E-state index contributed by atoms with van der Waals surface area (Å²) in [5.41, 5.74) is 10.3. The molecule has 0 fully saturated rings. The van der Waals surface area contributed by atoms with Crippen molar-refractivity contribution in [2.75, 3.05) is 0 Å². The van der Waals surface area contributed by atoms with E-state index in [0.717, 1.165) is 110 Å².